The van der Waals surface area contributed by atoms with Crippen molar-refractivity contribution in [2.24, 2.45) is 0 Å². The van der Waals surface area contributed by atoms with Gasteiger partial charge in [-0.25, -0.2) is 0 Å². The van der Waals surface area contributed by atoms with Gasteiger partial charge in [-0.05, 0) is 17.5 Å². The highest BCUT2D eigenvalue weighted by molar-refractivity contribution is 7.13. The summed E-state index contributed by atoms with van der Waals surface area (Å²) in [6.45, 7) is 9.25. The van der Waals surface area contributed by atoms with Crippen LogP contribution in [0.4, 0.5) is 0 Å². The molecular weight excluding hydrogens is 270 g/mol. The molecule has 0 amide bonds. The Morgan fingerprint density at radius 3 is 2.60 bits per heavy atom. The number of hydrogen-bond donors (Lipinski definition) is 1. The molecule has 1 heterocycles. The van der Waals surface area contributed by atoms with Crippen LogP contribution in [0, 0.1) is 0 Å². The largest absolute Gasteiger partial charge is 0.429 e. The van der Waals surface area contributed by atoms with Gasteiger partial charge in [-0.1, -0.05) is 62.3 Å². The lowest BCUT2D eigenvalue weighted by atomic mass is 10.0. The first-order valence-electron chi connectivity index (χ1n) is 6.88. The van der Waals surface area contributed by atoms with Crippen LogP contribution in [0.25, 0.3) is 0 Å². The molecule has 108 valence electrons. The van der Waals surface area contributed by atoms with E-state index in [0.717, 1.165) is 17.3 Å². The van der Waals surface area contributed by atoms with Gasteiger partial charge in [0, 0.05) is 6.04 Å². The number of nitrogens with one attached hydrogen (secondary N) is 1. The Labute approximate surface area is 124 Å². The Bertz CT molecular complexity index is 552. The Balaban J connectivity index is 2.07. The minimum Gasteiger partial charge on any atom is -0.429 e. The maximum absolute atomic E-state index is 5.88. The highest BCUT2D eigenvalue weighted by Gasteiger charge is 2.11. The van der Waals surface area contributed by atoms with Crippen LogP contribution < -0.4 is 10.1 Å². The van der Waals surface area contributed by atoms with E-state index in [1.807, 2.05) is 18.2 Å². The molecule has 2 aromatic rings. The van der Waals surface area contributed by atoms with Crippen molar-refractivity contribution in [2.45, 2.75) is 46.2 Å². The first-order valence-corrected chi connectivity index (χ1v) is 7.70. The zero-order valence-corrected chi connectivity index (χ0v) is 13.2. The summed E-state index contributed by atoms with van der Waals surface area (Å²) in [5, 5.41) is 13.1. The van der Waals surface area contributed by atoms with E-state index in [1.54, 1.807) is 0 Å². The average molecular weight is 291 g/mol. The van der Waals surface area contributed by atoms with Gasteiger partial charge in [-0.3, -0.25) is 0 Å². The van der Waals surface area contributed by atoms with E-state index in [4.69, 9.17) is 4.74 Å². The lowest BCUT2D eigenvalue weighted by Crippen LogP contribution is -2.21. The fourth-order valence-corrected chi connectivity index (χ4v) is 2.44. The van der Waals surface area contributed by atoms with Crippen LogP contribution in [0.2, 0.25) is 0 Å². The third kappa shape index (κ3) is 4.02. The molecule has 0 spiro atoms. The predicted molar refractivity (Wildman–Crippen MR) is 82.5 cm³/mol. The summed E-state index contributed by atoms with van der Waals surface area (Å²) in [6, 6.07) is 8.50. The van der Waals surface area contributed by atoms with E-state index in [0.29, 0.717) is 17.2 Å². The molecule has 0 saturated carbocycles. The Hall–Kier alpha value is -1.46. The number of benzene rings is 1. The lowest BCUT2D eigenvalue weighted by Gasteiger charge is -2.11. The zero-order chi connectivity index (χ0) is 14.5. The summed E-state index contributed by atoms with van der Waals surface area (Å²) < 4.78 is 5.88. The highest BCUT2D eigenvalue weighted by Crippen LogP contribution is 2.31. The molecule has 1 aromatic carbocycles. The fraction of sp³-hybridized carbons (Fsp3) is 0.467. The predicted octanol–water partition coefficient (Wildman–Crippen LogP) is 3.95. The first kappa shape index (κ1) is 14.9. The second kappa shape index (κ2) is 6.81. The number of nitrogens with zero attached hydrogens (tertiary/aromatic N) is 2. The highest BCUT2D eigenvalue weighted by atomic mass is 32.1. The molecular formula is C15H21N3OS. The first-order chi connectivity index (χ1) is 9.56. The van der Waals surface area contributed by atoms with E-state index in [-0.39, 0.29) is 0 Å². The minimum atomic E-state index is 0.418. The van der Waals surface area contributed by atoms with E-state index < -0.39 is 0 Å². The van der Waals surface area contributed by atoms with Crippen molar-refractivity contribution in [3.8, 4) is 10.9 Å². The summed E-state index contributed by atoms with van der Waals surface area (Å²) in [7, 11) is 0. The van der Waals surface area contributed by atoms with E-state index >= 15 is 0 Å². The maximum Gasteiger partial charge on any atom is 0.299 e. The summed E-state index contributed by atoms with van der Waals surface area (Å²) in [5.74, 6) is 1.28. The number of aromatic nitrogens is 2. The van der Waals surface area contributed by atoms with Crippen LogP contribution >= 0.6 is 11.3 Å². The molecule has 2 rings (SSSR count). The van der Waals surface area contributed by atoms with Crippen LogP contribution in [0.5, 0.6) is 10.9 Å². The average Bonchev–Trinajstić information content (AvgIpc) is 2.84. The summed E-state index contributed by atoms with van der Waals surface area (Å²) in [4.78, 5) is 0. The van der Waals surface area contributed by atoms with Crippen molar-refractivity contribution in [2.75, 3.05) is 0 Å². The maximum atomic E-state index is 5.88. The lowest BCUT2D eigenvalue weighted by molar-refractivity contribution is 0.464. The summed E-state index contributed by atoms with van der Waals surface area (Å²) in [6.07, 6.45) is 0. The molecule has 4 nitrogen and oxygen atoms in total. The van der Waals surface area contributed by atoms with Crippen molar-refractivity contribution in [3.63, 3.8) is 0 Å². The molecule has 1 N–H and O–H groups in total. The third-order valence-corrected chi connectivity index (χ3v) is 3.65. The topological polar surface area (TPSA) is 47.0 Å². The van der Waals surface area contributed by atoms with Gasteiger partial charge in [0.1, 0.15) is 10.8 Å². The zero-order valence-electron chi connectivity index (χ0n) is 12.4. The van der Waals surface area contributed by atoms with Crippen molar-refractivity contribution in [1.29, 1.82) is 0 Å². The van der Waals surface area contributed by atoms with E-state index in [9.17, 15) is 0 Å². The minimum absolute atomic E-state index is 0.418. The molecule has 0 fully saturated rings. The molecule has 5 heteroatoms. The van der Waals surface area contributed by atoms with Gasteiger partial charge in [-0.15, -0.1) is 5.10 Å². The van der Waals surface area contributed by atoms with Crippen molar-refractivity contribution >= 4 is 11.3 Å². The van der Waals surface area contributed by atoms with Crippen molar-refractivity contribution in [3.05, 3.63) is 34.8 Å². The van der Waals surface area contributed by atoms with Crippen molar-refractivity contribution in [1.82, 2.24) is 15.5 Å². The smallest absolute Gasteiger partial charge is 0.299 e. The van der Waals surface area contributed by atoms with Gasteiger partial charge in [0.25, 0.3) is 5.19 Å². The van der Waals surface area contributed by atoms with Crippen molar-refractivity contribution < 1.29 is 4.74 Å². The van der Waals surface area contributed by atoms with Gasteiger partial charge in [-0.2, -0.15) is 0 Å². The summed E-state index contributed by atoms with van der Waals surface area (Å²) in [5.41, 5.74) is 1.18. The Morgan fingerprint density at radius 2 is 1.90 bits per heavy atom. The summed E-state index contributed by atoms with van der Waals surface area (Å²) >= 11 is 1.48. The van der Waals surface area contributed by atoms with Crippen LogP contribution in [0.15, 0.2) is 24.3 Å². The van der Waals surface area contributed by atoms with Gasteiger partial charge >= 0.3 is 0 Å². The number of hydrogen-bond acceptors (Lipinski definition) is 5. The van der Waals surface area contributed by atoms with Crippen LogP contribution in [0.1, 0.15) is 44.2 Å². The van der Waals surface area contributed by atoms with E-state index in [2.05, 4.69) is 49.3 Å². The number of para-hydroxylation sites is 1. The number of rotatable bonds is 6. The van der Waals surface area contributed by atoms with Crippen LogP contribution in [0.3, 0.4) is 0 Å². The Kier molecular flexibility index (Phi) is 5.09. The van der Waals surface area contributed by atoms with Gasteiger partial charge in [0.2, 0.25) is 0 Å². The molecule has 0 saturated heterocycles. The Morgan fingerprint density at radius 1 is 1.15 bits per heavy atom. The third-order valence-electron chi connectivity index (χ3n) is 2.85. The van der Waals surface area contributed by atoms with Gasteiger partial charge < -0.3 is 10.1 Å². The SMILES string of the molecule is CC(C)NCc1nnc(Oc2ccccc2C(C)C)s1. The standard InChI is InChI=1S/C15H21N3OS/c1-10(2)12-7-5-6-8-13(12)19-15-18-17-14(20-15)9-16-11(3)4/h5-8,10-11,16H,9H2,1-4H3. The number of ether oxygens (including phenoxy) is 1. The normalized spacial score (nSPS) is 11.3. The van der Waals surface area contributed by atoms with Crippen LogP contribution in [-0.4, -0.2) is 16.2 Å². The molecule has 20 heavy (non-hydrogen) atoms. The molecule has 1 aromatic heterocycles. The molecule has 0 aliphatic heterocycles. The van der Waals surface area contributed by atoms with E-state index in [1.165, 1.54) is 16.9 Å². The second-order valence-corrected chi connectivity index (χ2v) is 6.32. The van der Waals surface area contributed by atoms with Gasteiger partial charge in [0.05, 0.1) is 6.54 Å². The molecule has 0 radical (unpaired) electrons. The molecule has 0 atom stereocenters. The van der Waals surface area contributed by atoms with Gasteiger partial charge in [0.15, 0.2) is 0 Å². The molecule has 0 aliphatic rings. The molecule has 0 aliphatic carbocycles. The molecule has 0 bridgehead atoms. The van der Waals surface area contributed by atoms with Crippen LogP contribution in [-0.2, 0) is 6.54 Å². The second-order valence-electron chi connectivity index (χ2n) is 5.29. The monoisotopic (exact) mass is 291 g/mol. The quantitative estimate of drug-likeness (QED) is 0.875. The molecule has 0 unspecified atom stereocenters. The fourth-order valence-electron chi connectivity index (χ4n) is 1.79.